The highest BCUT2D eigenvalue weighted by Gasteiger charge is 2.41. The van der Waals surface area contributed by atoms with Gasteiger partial charge >= 0.3 is 0 Å². The number of nitrogens with zero attached hydrogens (tertiary/aromatic N) is 2. The molecule has 2 heterocycles. The third-order valence-electron chi connectivity index (χ3n) is 4.41. The number of halogens is 1. The number of aryl methyl sites for hydroxylation is 2. The van der Waals surface area contributed by atoms with Crippen LogP contribution in [-0.2, 0) is 22.9 Å². The normalized spacial score (nSPS) is 19.7. The Hall–Kier alpha value is -0.620. The maximum atomic E-state index is 6.40. The Labute approximate surface area is 131 Å². The highest BCUT2D eigenvalue weighted by Crippen LogP contribution is 2.32. The fourth-order valence-corrected chi connectivity index (χ4v) is 3.48. The van der Waals surface area contributed by atoms with Crippen LogP contribution in [0.3, 0.4) is 0 Å². The second-order valence-electron chi connectivity index (χ2n) is 5.63. The number of aromatic nitrogens is 2. The molecule has 0 radical (unpaired) electrons. The topological polar surface area (TPSA) is 48.3 Å². The van der Waals surface area contributed by atoms with E-state index in [1.54, 1.807) is 0 Å². The van der Waals surface area contributed by atoms with E-state index in [1.807, 2.05) is 32.6 Å². The summed E-state index contributed by atoms with van der Waals surface area (Å²) in [6.45, 7) is 6.18. The monoisotopic (exact) mass is 315 g/mol. The van der Waals surface area contributed by atoms with Gasteiger partial charge in [0.1, 0.15) is 0 Å². The van der Waals surface area contributed by atoms with Crippen LogP contribution in [0, 0.1) is 6.92 Å². The van der Waals surface area contributed by atoms with E-state index in [2.05, 4.69) is 10.4 Å². The predicted molar refractivity (Wildman–Crippen MR) is 83.9 cm³/mol. The molecule has 0 bridgehead atoms. The van der Waals surface area contributed by atoms with Gasteiger partial charge in [0.05, 0.1) is 22.0 Å². The van der Waals surface area contributed by atoms with E-state index in [4.69, 9.17) is 21.1 Å². The third kappa shape index (κ3) is 3.42. The molecular weight excluding hydrogens is 290 g/mol. The van der Waals surface area contributed by atoms with Crippen molar-refractivity contribution in [2.75, 3.05) is 26.9 Å². The quantitative estimate of drug-likeness (QED) is 0.873. The summed E-state index contributed by atoms with van der Waals surface area (Å²) < 4.78 is 13.6. The molecule has 0 amide bonds. The first-order valence-electron chi connectivity index (χ1n) is 7.61. The van der Waals surface area contributed by atoms with Crippen molar-refractivity contribution in [1.82, 2.24) is 15.1 Å². The molecule has 1 saturated heterocycles. The Balaban J connectivity index is 2.24. The van der Waals surface area contributed by atoms with E-state index < -0.39 is 0 Å². The average Bonchev–Trinajstić information content (AvgIpc) is 2.71. The molecule has 6 heteroatoms. The van der Waals surface area contributed by atoms with Gasteiger partial charge in [0, 0.05) is 52.2 Å². The van der Waals surface area contributed by atoms with Crippen LogP contribution in [0.5, 0.6) is 0 Å². The van der Waals surface area contributed by atoms with E-state index in [0.717, 1.165) is 48.9 Å². The summed E-state index contributed by atoms with van der Waals surface area (Å²) in [6, 6.07) is 0.189. The number of likely N-dealkylation sites (N-methyl/N-ethyl adjacent to an activating group) is 1. The lowest BCUT2D eigenvalue weighted by Crippen LogP contribution is -2.55. The van der Waals surface area contributed by atoms with Crippen molar-refractivity contribution in [1.29, 1.82) is 0 Å². The van der Waals surface area contributed by atoms with Crippen LogP contribution in [0.15, 0.2) is 0 Å². The van der Waals surface area contributed by atoms with Crippen LogP contribution in [0.25, 0.3) is 0 Å². The van der Waals surface area contributed by atoms with Crippen molar-refractivity contribution >= 4 is 11.6 Å². The molecular formula is C15H26ClN3O2. The third-order valence-corrected chi connectivity index (χ3v) is 4.91. The summed E-state index contributed by atoms with van der Waals surface area (Å²) in [5.41, 5.74) is 1.74. The Morgan fingerprint density at radius 2 is 2.14 bits per heavy atom. The number of hydrogen-bond donors (Lipinski definition) is 1. The molecule has 0 saturated carbocycles. The van der Waals surface area contributed by atoms with Gasteiger partial charge in [-0.2, -0.15) is 5.10 Å². The van der Waals surface area contributed by atoms with Crippen LogP contribution in [0.2, 0.25) is 5.02 Å². The fourth-order valence-electron chi connectivity index (χ4n) is 3.24. The van der Waals surface area contributed by atoms with Gasteiger partial charge in [0.15, 0.2) is 0 Å². The Morgan fingerprint density at radius 3 is 2.62 bits per heavy atom. The molecule has 1 N–H and O–H groups in total. The average molecular weight is 316 g/mol. The zero-order valence-corrected chi connectivity index (χ0v) is 14.2. The maximum absolute atomic E-state index is 6.40. The minimum atomic E-state index is -0.191. The predicted octanol–water partition coefficient (Wildman–Crippen LogP) is 2.10. The fraction of sp³-hybridized carbons (Fsp3) is 0.800. The van der Waals surface area contributed by atoms with Crippen molar-refractivity contribution in [3.8, 4) is 0 Å². The first-order chi connectivity index (χ1) is 10.0. The Bertz CT molecular complexity index is 464. The summed E-state index contributed by atoms with van der Waals surface area (Å²) in [5.74, 6) is 0. The summed E-state index contributed by atoms with van der Waals surface area (Å²) in [7, 11) is 3.93. The number of nitrogens with one attached hydrogen (secondary N) is 1. The van der Waals surface area contributed by atoms with Crippen molar-refractivity contribution in [2.24, 2.45) is 7.05 Å². The zero-order chi connectivity index (χ0) is 15.5. The lowest BCUT2D eigenvalue weighted by Gasteiger charge is -2.43. The Kier molecular flexibility index (Phi) is 5.66. The van der Waals surface area contributed by atoms with Gasteiger partial charge in [-0.1, -0.05) is 11.6 Å². The number of ether oxygens (including phenoxy) is 2. The first-order valence-corrected chi connectivity index (χ1v) is 7.98. The zero-order valence-electron chi connectivity index (χ0n) is 13.4. The van der Waals surface area contributed by atoms with Gasteiger partial charge in [0.25, 0.3) is 0 Å². The minimum absolute atomic E-state index is 0.189. The van der Waals surface area contributed by atoms with Crippen molar-refractivity contribution in [3.05, 3.63) is 16.4 Å². The lowest BCUT2D eigenvalue weighted by molar-refractivity contribution is -0.125. The molecule has 1 aliphatic rings. The van der Waals surface area contributed by atoms with Crippen molar-refractivity contribution < 1.29 is 9.47 Å². The second-order valence-corrected chi connectivity index (χ2v) is 6.00. The highest BCUT2D eigenvalue weighted by atomic mass is 35.5. The molecule has 5 nitrogen and oxygen atoms in total. The standard InChI is InChI=1S/C15H26ClN3O2/c1-5-21-15(6-8-20-9-7-15)13(17-3)10-12-14(16)11(2)18-19(12)4/h13,17H,5-10H2,1-4H3. The van der Waals surface area contributed by atoms with E-state index in [9.17, 15) is 0 Å². The van der Waals surface area contributed by atoms with Gasteiger partial charge in [-0.3, -0.25) is 4.68 Å². The van der Waals surface area contributed by atoms with Gasteiger partial charge in [-0.05, 0) is 20.9 Å². The van der Waals surface area contributed by atoms with Crippen LogP contribution >= 0.6 is 11.6 Å². The molecule has 2 rings (SSSR count). The second kappa shape index (κ2) is 7.09. The summed E-state index contributed by atoms with van der Waals surface area (Å²) in [4.78, 5) is 0. The molecule has 0 aromatic carbocycles. The van der Waals surface area contributed by atoms with Gasteiger partial charge < -0.3 is 14.8 Å². The first kappa shape index (κ1) is 16.7. The summed E-state index contributed by atoms with van der Waals surface area (Å²) >= 11 is 6.40. The van der Waals surface area contributed by atoms with Crippen LogP contribution in [0.1, 0.15) is 31.2 Å². The summed E-state index contributed by atoms with van der Waals surface area (Å²) in [5, 5.41) is 8.59. The maximum Gasteiger partial charge on any atom is 0.0882 e. The molecule has 1 aromatic rings. The van der Waals surface area contributed by atoms with Gasteiger partial charge in [0.2, 0.25) is 0 Å². The van der Waals surface area contributed by atoms with Crippen LogP contribution in [-0.4, -0.2) is 48.3 Å². The molecule has 1 fully saturated rings. The SMILES string of the molecule is CCOC1(C(Cc2c(Cl)c(C)nn2C)NC)CCOCC1. The molecule has 1 atom stereocenters. The molecule has 21 heavy (non-hydrogen) atoms. The smallest absolute Gasteiger partial charge is 0.0882 e. The number of rotatable bonds is 6. The van der Waals surface area contributed by atoms with Crippen molar-refractivity contribution in [3.63, 3.8) is 0 Å². The molecule has 0 spiro atoms. The van der Waals surface area contributed by atoms with Crippen LogP contribution in [0.4, 0.5) is 0 Å². The molecule has 0 aliphatic carbocycles. The molecule has 1 unspecified atom stereocenters. The van der Waals surface area contributed by atoms with Gasteiger partial charge in [-0.25, -0.2) is 0 Å². The van der Waals surface area contributed by atoms with E-state index in [-0.39, 0.29) is 11.6 Å². The van der Waals surface area contributed by atoms with Crippen molar-refractivity contribution in [2.45, 2.75) is 44.8 Å². The minimum Gasteiger partial charge on any atom is -0.381 e. The Morgan fingerprint density at radius 1 is 1.48 bits per heavy atom. The number of hydrogen-bond acceptors (Lipinski definition) is 4. The lowest BCUT2D eigenvalue weighted by atomic mass is 9.83. The van der Waals surface area contributed by atoms with E-state index >= 15 is 0 Å². The van der Waals surface area contributed by atoms with Gasteiger partial charge in [-0.15, -0.1) is 0 Å². The molecule has 1 aromatic heterocycles. The highest BCUT2D eigenvalue weighted by molar-refractivity contribution is 6.31. The van der Waals surface area contributed by atoms with E-state index in [0.29, 0.717) is 6.61 Å². The molecule has 1 aliphatic heterocycles. The summed E-state index contributed by atoms with van der Waals surface area (Å²) in [6.07, 6.45) is 2.61. The van der Waals surface area contributed by atoms with Crippen LogP contribution < -0.4 is 5.32 Å². The molecule has 120 valence electrons. The largest absolute Gasteiger partial charge is 0.381 e. The van der Waals surface area contributed by atoms with E-state index in [1.165, 1.54) is 0 Å².